The van der Waals surface area contributed by atoms with Crippen LogP contribution < -0.4 is 5.32 Å². The van der Waals surface area contributed by atoms with Crippen LogP contribution in [0.5, 0.6) is 0 Å². The molecule has 23 heavy (non-hydrogen) atoms. The van der Waals surface area contributed by atoms with Crippen LogP contribution in [0.1, 0.15) is 20.3 Å². The summed E-state index contributed by atoms with van der Waals surface area (Å²) in [6.45, 7) is 6.38. The lowest BCUT2D eigenvalue weighted by atomic mass is 9.84. The van der Waals surface area contributed by atoms with Crippen molar-refractivity contribution in [3.63, 3.8) is 0 Å². The number of thiol groups is 1. The summed E-state index contributed by atoms with van der Waals surface area (Å²) in [6, 6.07) is 0. The predicted molar refractivity (Wildman–Crippen MR) is 80.5 cm³/mol. The quantitative estimate of drug-likeness (QED) is 0.366. The fourth-order valence-corrected chi connectivity index (χ4v) is 4.07. The Bertz CT molecular complexity index is 594. The lowest BCUT2D eigenvalue weighted by Gasteiger charge is -2.34. The van der Waals surface area contributed by atoms with Crippen molar-refractivity contribution in [3.8, 4) is 0 Å². The van der Waals surface area contributed by atoms with Gasteiger partial charge in [0.15, 0.2) is 6.10 Å². The standard InChI is InChI=1S/C14H21NO7S/c1-7(2)13(17)15-6-9(16)21-12-11(20-4)10-8(23(18)19)5-14(12,3)22-10/h8,10-12,23H,1,5-6H2,2-4H3,(H,15,17). The Balaban J connectivity index is 2.02. The van der Waals surface area contributed by atoms with Gasteiger partial charge in [0.25, 0.3) is 0 Å². The molecule has 2 heterocycles. The molecule has 9 heteroatoms. The average molecular weight is 347 g/mol. The maximum atomic E-state index is 11.9. The monoisotopic (exact) mass is 347 g/mol. The highest BCUT2D eigenvalue weighted by Gasteiger charge is 2.64. The summed E-state index contributed by atoms with van der Waals surface area (Å²) in [5.74, 6) is -1.09. The molecule has 2 bridgehead atoms. The first-order valence-corrected chi connectivity index (χ1v) is 8.41. The summed E-state index contributed by atoms with van der Waals surface area (Å²) in [6.07, 6.45) is -1.80. The highest BCUT2D eigenvalue weighted by atomic mass is 32.2. The number of carbonyl (C=O) groups is 2. The fourth-order valence-electron chi connectivity index (χ4n) is 3.09. The summed E-state index contributed by atoms with van der Waals surface area (Å²) in [4.78, 5) is 23.3. The van der Waals surface area contributed by atoms with Gasteiger partial charge in [-0.3, -0.25) is 9.59 Å². The Morgan fingerprint density at radius 3 is 2.61 bits per heavy atom. The molecule has 5 atom stereocenters. The molecule has 0 spiro atoms. The highest BCUT2D eigenvalue weighted by molar-refractivity contribution is 7.73. The molecule has 1 N–H and O–H groups in total. The highest BCUT2D eigenvalue weighted by Crippen LogP contribution is 2.47. The van der Waals surface area contributed by atoms with Crippen molar-refractivity contribution < 1.29 is 32.2 Å². The van der Waals surface area contributed by atoms with Crippen LogP contribution in [-0.2, 0) is 34.5 Å². The van der Waals surface area contributed by atoms with Crippen LogP contribution in [0.25, 0.3) is 0 Å². The van der Waals surface area contributed by atoms with Gasteiger partial charge >= 0.3 is 5.97 Å². The van der Waals surface area contributed by atoms with Gasteiger partial charge in [-0.2, -0.15) is 0 Å². The minimum absolute atomic E-state index is 0.242. The molecule has 0 aromatic rings. The maximum Gasteiger partial charge on any atom is 0.325 e. The minimum Gasteiger partial charge on any atom is -0.455 e. The van der Waals surface area contributed by atoms with Gasteiger partial charge in [0, 0.05) is 12.7 Å². The topological polar surface area (TPSA) is 108 Å². The third-order valence-corrected chi connectivity index (χ3v) is 5.22. The van der Waals surface area contributed by atoms with Gasteiger partial charge in [-0.05, 0) is 20.3 Å². The number of amides is 1. The molecule has 2 saturated heterocycles. The number of methoxy groups -OCH3 is 1. The molecule has 0 aromatic carbocycles. The summed E-state index contributed by atoms with van der Waals surface area (Å²) >= 11 is 0. The maximum absolute atomic E-state index is 11.9. The Kier molecular flexibility index (Phi) is 5.12. The van der Waals surface area contributed by atoms with E-state index in [1.165, 1.54) is 14.0 Å². The van der Waals surface area contributed by atoms with Crippen molar-refractivity contribution in [2.45, 2.75) is 49.4 Å². The van der Waals surface area contributed by atoms with E-state index >= 15 is 0 Å². The van der Waals surface area contributed by atoms with Crippen LogP contribution in [0.4, 0.5) is 0 Å². The number of rotatable bonds is 6. The number of carbonyl (C=O) groups excluding carboxylic acids is 2. The van der Waals surface area contributed by atoms with Gasteiger partial charge in [0.1, 0.15) is 35.1 Å². The number of esters is 1. The molecule has 2 aliphatic heterocycles. The SMILES string of the molecule is C=C(C)C(=O)NCC(=O)OC1C(OC)C2OC1(C)CC2[SH](=O)=O. The van der Waals surface area contributed by atoms with Crippen LogP contribution in [0.15, 0.2) is 12.2 Å². The van der Waals surface area contributed by atoms with Crippen molar-refractivity contribution in [1.82, 2.24) is 5.32 Å². The van der Waals surface area contributed by atoms with E-state index in [0.29, 0.717) is 0 Å². The van der Waals surface area contributed by atoms with Crippen molar-refractivity contribution in [1.29, 1.82) is 0 Å². The van der Waals surface area contributed by atoms with E-state index < -0.39 is 51.7 Å². The van der Waals surface area contributed by atoms with Gasteiger partial charge in [0.2, 0.25) is 5.91 Å². The first kappa shape index (κ1) is 17.9. The normalized spacial score (nSPS) is 35.3. The Hall–Kier alpha value is -1.45. The van der Waals surface area contributed by atoms with Gasteiger partial charge in [-0.1, -0.05) is 6.58 Å². The number of nitrogens with one attached hydrogen (secondary N) is 1. The molecule has 130 valence electrons. The number of hydrogen-bond donors (Lipinski definition) is 2. The molecule has 0 aliphatic carbocycles. The summed E-state index contributed by atoms with van der Waals surface area (Å²) < 4.78 is 39.0. The molecule has 2 fully saturated rings. The van der Waals surface area contributed by atoms with Crippen molar-refractivity contribution >= 4 is 22.6 Å². The number of hydrogen-bond acceptors (Lipinski definition) is 7. The minimum atomic E-state index is -2.65. The summed E-state index contributed by atoms with van der Waals surface area (Å²) in [5, 5.41) is 1.73. The van der Waals surface area contributed by atoms with Crippen LogP contribution in [0.2, 0.25) is 0 Å². The second-order valence-corrected chi connectivity index (χ2v) is 7.26. The lowest BCUT2D eigenvalue weighted by molar-refractivity contribution is -0.162. The van der Waals surface area contributed by atoms with Gasteiger partial charge in [-0.25, -0.2) is 8.42 Å². The summed E-state index contributed by atoms with van der Waals surface area (Å²) in [7, 11) is -1.24. The molecular weight excluding hydrogens is 326 g/mol. The molecule has 2 rings (SSSR count). The van der Waals surface area contributed by atoms with E-state index in [0.717, 1.165) is 0 Å². The van der Waals surface area contributed by atoms with Crippen LogP contribution in [0, 0.1) is 0 Å². The Labute approximate surface area is 136 Å². The molecule has 0 aromatic heterocycles. The van der Waals surface area contributed by atoms with E-state index in [1.807, 2.05) is 0 Å². The zero-order valence-corrected chi connectivity index (χ0v) is 14.1. The molecule has 0 radical (unpaired) electrons. The largest absolute Gasteiger partial charge is 0.455 e. The van der Waals surface area contributed by atoms with Gasteiger partial charge in [0.05, 0.1) is 5.25 Å². The van der Waals surface area contributed by atoms with Crippen LogP contribution in [0.3, 0.4) is 0 Å². The predicted octanol–water partition coefficient (Wildman–Crippen LogP) is -0.853. The zero-order valence-electron chi connectivity index (χ0n) is 13.2. The smallest absolute Gasteiger partial charge is 0.325 e. The van der Waals surface area contributed by atoms with Crippen molar-refractivity contribution in [2.24, 2.45) is 0 Å². The molecule has 1 amide bonds. The molecule has 5 unspecified atom stereocenters. The van der Waals surface area contributed by atoms with E-state index in [9.17, 15) is 18.0 Å². The van der Waals surface area contributed by atoms with E-state index in [2.05, 4.69) is 11.9 Å². The van der Waals surface area contributed by atoms with Crippen molar-refractivity contribution in [3.05, 3.63) is 12.2 Å². The van der Waals surface area contributed by atoms with Gasteiger partial charge in [-0.15, -0.1) is 0 Å². The molecule has 8 nitrogen and oxygen atoms in total. The van der Waals surface area contributed by atoms with E-state index in [4.69, 9.17) is 14.2 Å². The zero-order chi connectivity index (χ0) is 17.4. The van der Waals surface area contributed by atoms with E-state index in [1.54, 1.807) is 6.92 Å². The number of fused-ring (bicyclic) bond motifs is 2. The van der Waals surface area contributed by atoms with Crippen LogP contribution >= 0.6 is 0 Å². The van der Waals surface area contributed by atoms with E-state index in [-0.39, 0.29) is 18.5 Å². The Morgan fingerprint density at radius 1 is 1.43 bits per heavy atom. The molecule has 0 saturated carbocycles. The first-order valence-electron chi connectivity index (χ1n) is 7.17. The second kappa shape index (κ2) is 6.58. The molecule has 2 aliphatic rings. The lowest BCUT2D eigenvalue weighted by Crippen LogP contribution is -2.52. The average Bonchev–Trinajstić information content (AvgIpc) is 2.95. The fraction of sp³-hybridized carbons (Fsp3) is 0.714. The third-order valence-electron chi connectivity index (χ3n) is 4.21. The van der Waals surface area contributed by atoms with Gasteiger partial charge < -0.3 is 19.5 Å². The second-order valence-electron chi connectivity index (χ2n) is 6.03. The summed E-state index contributed by atoms with van der Waals surface area (Å²) in [5.41, 5.74) is -0.635. The number of ether oxygens (including phenoxy) is 3. The Morgan fingerprint density at radius 2 is 2.09 bits per heavy atom. The van der Waals surface area contributed by atoms with Crippen LogP contribution in [-0.4, -0.2) is 63.1 Å². The van der Waals surface area contributed by atoms with Crippen molar-refractivity contribution in [2.75, 3.05) is 13.7 Å². The first-order chi connectivity index (χ1) is 10.7. The molecular formula is C14H21NO7S. The third kappa shape index (κ3) is 3.41.